The molecule has 0 fully saturated rings. The number of nitriles is 4. The van der Waals surface area contributed by atoms with Gasteiger partial charge in [0.25, 0.3) is 0 Å². The number of ether oxygens (including phenoxy) is 1. The van der Waals surface area contributed by atoms with Crippen molar-refractivity contribution in [2.24, 2.45) is 0 Å². The van der Waals surface area contributed by atoms with Crippen molar-refractivity contribution in [3.8, 4) is 35.8 Å². The molecule has 100 valence electrons. The Morgan fingerprint density at radius 1 is 1.00 bits per heavy atom. The second kappa shape index (κ2) is 5.89. The molecule has 1 aromatic carbocycles. The largest absolute Gasteiger partial charge is 0.505 e. The minimum Gasteiger partial charge on any atom is -0.505 e. The van der Waals surface area contributed by atoms with E-state index >= 15 is 0 Å². The predicted molar refractivity (Wildman–Crippen MR) is 67.4 cm³/mol. The van der Waals surface area contributed by atoms with Crippen LogP contribution in [0.4, 0.5) is 0 Å². The van der Waals surface area contributed by atoms with E-state index in [0.717, 1.165) is 0 Å². The van der Waals surface area contributed by atoms with E-state index in [4.69, 9.17) is 25.8 Å². The maximum atomic E-state index is 11.6. The van der Waals surface area contributed by atoms with Crippen LogP contribution in [0.1, 0.15) is 29.2 Å². The summed E-state index contributed by atoms with van der Waals surface area (Å²) in [5.74, 6) is -2.27. The van der Waals surface area contributed by atoms with Gasteiger partial charge in [0, 0.05) is 5.57 Å². The van der Waals surface area contributed by atoms with Gasteiger partial charge in [-0.05, 0) is 6.92 Å². The minimum atomic E-state index is -0.929. The maximum Gasteiger partial charge on any atom is 0.338 e. The average molecular weight is 278 g/mol. The molecule has 0 saturated carbocycles. The molecule has 0 aromatic heterocycles. The molecule has 0 saturated heterocycles. The standard InChI is InChI=1S/C14H6N4O3/c1-7(2)14(20)21-13-10(5-17)8(3-15)12(19)9(4-16)11(13)6-18/h19H,1H2,2H3. The number of aromatic hydroxyl groups is 1. The number of phenols is 1. The number of nitrogens with zero attached hydrogens (tertiary/aromatic N) is 4. The van der Waals surface area contributed by atoms with Crippen LogP contribution in [0.25, 0.3) is 0 Å². The van der Waals surface area contributed by atoms with Gasteiger partial charge in [0.05, 0.1) is 0 Å². The smallest absolute Gasteiger partial charge is 0.338 e. The third-order valence-corrected chi connectivity index (χ3v) is 2.42. The Balaban J connectivity index is 3.86. The van der Waals surface area contributed by atoms with E-state index in [1.54, 1.807) is 12.1 Å². The fourth-order valence-electron chi connectivity index (χ4n) is 1.43. The molecular weight excluding hydrogens is 272 g/mol. The van der Waals surface area contributed by atoms with Crippen LogP contribution in [0.3, 0.4) is 0 Å². The van der Waals surface area contributed by atoms with E-state index in [1.807, 2.05) is 0 Å². The first-order valence-corrected chi connectivity index (χ1v) is 5.33. The Morgan fingerprint density at radius 3 is 1.67 bits per heavy atom. The number of hydrogen-bond acceptors (Lipinski definition) is 7. The summed E-state index contributed by atoms with van der Waals surface area (Å²) in [6.45, 7) is 4.69. The van der Waals surface area contributed by atoms with Gasteiger partial charge in [0.15, 0.2) is 11.5 Å². The van der Waals surface area contributed by atoms with E-state index < -0.39 is 39.7 Å². The summed E-state index contributed by atoms with van der Waals surface area (Å²) < 4.78 is 4.86. The lowest BCUT2D eigenvalue weighted by molar-refractivity contribution is -0.130. The van der Waals surface area contributed by atoms with Crippen LogP contribution >= 0.6 is 0 Å². The van der Waals surface area contributed by atoms with Gasteiger partial charge < -0.3 is 9.84 Å². The molecule has 0 atom stereocenters. The zero-order valence-corrected chi connectivity index (χ0v) is 10.8. The quantitative estimate of drug-likeness (QED) is 0.488. The molecule has 1 aromatic rings. The van der Waals surface area contributed by atoms with Crippen molar-refractivity contribution in [3.05, 3.63) is 34.4 Å². The average Bonchev–Trinajstić information content (AvgIpc) is 2.47. The van der Waals surface area contributed by atoms with Crippen LogP contribution in [-0.4, -0.2) is 11.1 Å². The van der Waals surface area contributed by atoms with Gasteiger partial charge in [0.1, 0.15) is 46.5 Å². The van der Waals surface area contributed by atoms with Crippen molar-refractivity contribution in [2.45, 2.75) is 6.92 Å². The van der Waals surface area contributed by atoms with Gasteiger partial charge in [-0.15, -0.1) is 0 Å². The molecule has 1 N–H and O–H groups in total. The third kappa shape index (κ3) is 2.49. The number of carbonyl (C=O) groups excluding carboxylic acids is 1. The van der Waals surface area contributed by atoms with Gasteiger partial charge >= 0.3 is 5.97 Å². The molecule has 21 heavy (non-hydrogen) atoms. The summed E-state index contributed by atoms with van der Waals surface area (Å²) in [6, 6.07) is 6.23. The zero-order valence-electron chi connectivity index (χ0n) is 10.8. The summed E-state index contributed by atoms with van der Waals surface area (Å²) in [7, 11) is 0. The lowest BCUT2D eigenvalue weighted by Crippen LogP contribution is -2.12. The molecule has 0 aliphatic heterocycles. The minimum absolute atomic E-state index is 0.00660. The van der Waals surface area contributed by atoms with Gasteiger partial charge in [-0.1, -0.05) is 6.58 Å². The Labute approximate surface area is 119 Å². The topological polar surface area (TPSA) is 142 Å². The van der Waals surface area contributed by atoms with E-state index in [9.17, 15) is 9.90 Å². The fourth-order valence-corrected chi connectivity index (χ4v) is 1.43. The molecule has 1 rings (SSSR count). The van der Waals surface area contributed by atoms with E-state index in [-0.39, 0.29) is 5.57 Å². The molecule has 0 radical (unpaired) electrons. The number of esters is 1. The normalized spacial score (nSPS) is 8.62. The summed E-state index contributed by atoms with van der Waals surface area (Å²) in [4.78, 5) is 11.6. The van der Waals surface area contributed by atoms with Crippen LogP contribution in [0.5, 0.6) is 11.5 Å². The number of hydrogen-bond donors (Lipinski definition) is 1. The molecular formula is C14H6N4O3. The van der Waals surface area contributed by atoms with Crippen LogP contribution < -0.4 is 4.74 Å². The monoisotopic (exact) mass is 278 g/mol. The van der Waals surface area contributed by atoms with Crippen LogP contribution in [0.15, 0.2) is 12.2 Å². The van der Waals surface area contributed by atoms with Crippen LogP contribution in [-0.2, 0) is 4.79 Å². The highest BCUT2D eigenvalue weighted by Gasteiger charge is 2.27. The number of phenolic OH excluding ortho intramolecular Hbond substituents is 1. The molecule has 0 bridgehead atoms. The van der Waals surface area contributed by atoms with Gasteiger partial charge in [-0.2, -0.15) is 21.0 Å². The van der Waals surface area contributed by atoms with Crippen molar-refractivity contribution in [2.75, 3.05) is 0 Å². The lowest BCUT2D eigenvalue weighted by Gasteiger charge is -2.11. The molecule has 7 nitrogen and oxygen atoms in total. The van der Waals surface area contributed by atoms with Gasteiger partial charge in [-0.25, -0.2) is 4.79 Å². The predicted octanol–water partition coefficient (Wildman–Crippen LogP) is 1.36. The first-order valence-electron chi connectivity index (χ1n) is 5.33. The highest BCUT2D eigenvalue weighted by atomic mass is 16.5. The Bertz CT molecular complexity index is 773. The summed E-state index contributed by atoms with van der Waals surface area (Å²) >= 11 is 0. The van der Waals surface area contributed by atoms with Gasteiger partial charge in [0.2, 0.25) is 0 Å². The van der Waals surface area contributed by atoms with Crippen molar-refractivity contribution in [3.63, 3.8) is 0 Å². The summed E-state index contributed by atoms with van der Waals surface area (Å²) in [6.07, 6.45) is 0. The number of rotatable bonds is 2. The lowest BCUT2D eigenvalue weighted by atomic mass is 9.97. The third-order valence-electron chi connectivity index (χ3n) is 2.42. The van der Waals surface area contributed by atoms with Crippen molar-refractivity contribution in [1.29, 1.82) is 21.0 Å². The molecule has 0 spiro atoms. The zero-order chi connectivity index (χ0) is 16.2. The van der Waals surface area contributed by atoms with Crippen molar-refractivity contribution >= 4 is 5.97 Å². The van der Waals surface area contributed by atoms with E-state index in [2.05, 4.69) is 6.58 Å². The highest BCUT2D eigenvalue weighted by molar-refractivity contribution is 5.90. The van der Waals surface area contributed by atoms with Crippen LogP contribution in [0.2, 0.25) is 0 Å². The molecule has 7 heteroatoms. The SMILES string of the molecule is C=C(C)C(=O)Oc1c(C#N)c(C#N)c(O)c(C#N)c1C#N. The highest BCUT2D eigenvalue weighted by Crippen LogP contribution is 2.37. The summed E-state index contributed by atoms with van der Waals surface area (Å²) in [5.41, 5.74) is -2.09. The summed E-state index contributed by atoms with van der Waals surface area (Å²) in [5, 5.41) is 45.9. The van der Waals surface area contributed by atoms with Gasteiger partial charge in [-0.3, -0.25) is 0 Å². The van der Waals surface area contributed by atoms with E-state index in [1.165, 1.54) is 19.1 Å². The van der Waals surface area contributed by atoms with E-state index in [0.29, 0.717) is 0 Å². The van der Waals surface area contributed by atoms with Crippen molar-refractivity contribution in [1.82, 2.24) is 0 Å². The maximum absolute atomic E-state index is 11.6. The Kier molecular flexibility index (Phi) is 4.27. The van der Waals surface area contributed by atoms with Crippen molar-refractivity contribution < 1.29 is 14.6 Å². The molecule has 0 aliphatic rings. The second-order valence-corrected chi connectivity index (χ2v) is 3.79. The Morgan fingerprint density at radius 2 is 1.38 bits per heavy atom. The fraction of sp³-hybridized carbons (Fsp3) is 0.0714. The number of carbonyl (C=O) groups is 1. The number of benzene rings is 1. The molecule has 0 amide bonds. The molecule has 0 heterocycles. The molecule has 0 aliphatic carbocycles. The Hall–Kier alpha value is -3.81. The van der Waals surface area contributed by atoms with Crippen LogP contribution in [0, 0.1) is 45.3 Å². The second-order valence-electron chi connectivity index (χ2n) is 3.79. The first kappa shape index (κ1) is 15.2. The molecule has 0 unspecified atom stereocenters. The first-order chi connectivity index (χ1) is 9.92.